The third-order valence-corrected chi connectivity index (χ3v) is 5.71. The average molecular weight is 386 g/mol. The normalized spacial score (nSPS) is 21.3. The summed E-state index contributed by atoms with van der Waals surface area (Å²) in [6.07, 6.45) is 9.87. The van der Waals surface area contributed by atoms with E-state index in [9.17, 15) is 14.7 Å². The number of fused-ring (bicyclic) bond motifs is 1. The van der Waals surface area contributed by atoms with Crippen molar-refractivity contribution in [1.29, 1.82) is 0 Å². The predicted octanol–water partition coefficient (Wildman–Crippen LogP) is 2.34. The Morgan fingerprint density at radius 1 is 1.14 bits per heavy atom. The average Bonchev–Trinajstić information content (AvgIpc) is 2.72. The molecule has 6 heteroatoms. The van der Waals surface area contributed by atoms with Crippen molar-refractivity contribution in [1.82, 2.24) is 10.6 Å². The molecule has 3 N–H and O–H groups in total. The number of ether oxygens (including phenoxy) is 1. The fourth-order valence-corrected chi connectivity index (χ4v) is 4.10. The van der Waals surface area contributed by atoms with Crippen molar-refractivity contribution in [2.45, 2.75) is 57.0 Å². The first-order valence-electron chi connectivity index (χ1n) is 10.2. The zero-order valence-electron chi connectivity index (χ0n) is 16.6. The molecule has 0 bridgehead atoms. The molecule has 0 spiro atoms. The van der Waals surface area contributed by atoms with E-state index in [2.05, 4.69) is 16.7 Å². The van der Waals surface area contributed by atoms with Crippen molar-refractivity contribution in [2.75, 3.05) is 20.2 Å². The molecule has 3 rings (SSSR count). The molecule has 2 aliphatic rings. The molecule has 6 nitrogen and oxygen atoms in total. The SMILES string of the molecule is COc1ccc2c(c1)CCC[C@@]2(O)CNC(=O)C(=O)NCCC1=CCCCC1. The molecule has 0 unspecified atom stereocenters. The van der Waals surface area contributed by atoms with Gasteiger partial charge in [-0.05, 0) is 74.6 Å². The predicted molar refractivity (Wildman–Crippen MR) is 107 cm³/mol. The van der Waals surface area contributed by atoms with Crippen LogP contribution in [0.1, 0.15) is 56.1 Å². The molecule has 0 aromatic heterocycles. The summed E-state index contributed by atoms with van der Waals surface area (Å²) in [5, 5.41) is 16.3. The molecule has 0 fully saturated rings. The Morgan fingerprint density at radius 2 is 1.96 bits per heavy atom. The second-order valence-electron chi connectivity index (χ2n) is 7.70. The Morgan fingerprint density at radius 3 is 2.71 bits per heavy atom. The Bertz CT molecular complexity index is 759. The van der Waals surface area contributed by atoms with Crippen LogP contribution in [-0.4, -0.2) is 37.1 Å². The highest BCUT2D eigenvalue weighted by Crippen LogP contribution is 2.36. The van der Waals surface area contributed by atoms with Crippen molar-refractivity contribution < 1.29 is 19.4 Å². The van der Waals surface area contributed by atoms with Crippen LogP contribution in [0.2, 0.25) is 0 Å². The van der Waals surface area contributed by atoms with E-state index in [0.29, 0.717) is 13.0 Å². The first kappa shape index (κ1) is 20.4. The van der Waals surface area contributed by atoms with Gasteiger partial charge in [-0.3, -0.25) is 9.59 Å². The summed E-state index contributed by atoms with van der Waals surface area (Å²) in [5.41, 5.74) is 2.01. The Labute approximate surface area is 166 Å². The summed E-state index contributed by atoms with van der Waals surface area (Å²) in [6.45, 7) is 0.481. The van der Waals surface area contributed by atoms with Gasteiger partial charge in [0.05, 0.1) is 13.7 Å². The molecule has 1 aromatic rings. The zero-order chi connectivity index (χ0) is 20.0. The molecule has 0 saturated heterocycles. The van der Waals surface area contributed by atoms with E-state index < -0.39 is 17.4 Å². The van der Waals surface area contributed by atoms with Crippen LogP contribution < -0.4 is 15.4 Å². The van der Waals surface area contributed by atoms with E-state index in [1.54, 1.807) is 7.11 Å². The largest absolute Gasteiger partial charge is 0.497 e. The highest BCUT2D eigenvalue weighted by Gasteiger charge is 2.35. The molecule has 0 aliphatic heterocycles. The van der Waals surface area contributed by atoms with Gasteiger partial charge in [-0.1, -0.05) is 17.7 Å². The topological polar surface area (TPSA) is 87.7 Å². The van der Waals surface area contributed by atoms with Crippen molar-refractivity contribution in [3.8, 4) is 5.75 Å². The van der Waals surface area contributed by atoms with E-state index in [1.807, 2.05) is 18.2 Å². The molecule has 0 radical (unpaired) electrons. The van der Waals surface area contributed by atoms with Crippen molar-refractivity contribution in [2.24, 2.45) is 0 Å². The fraction of sp³-hybridized carbons (Fsp3) is 0.545. The smallest absolute Gasteiger partial charge is 0.309 e. The number of hydrogen-bond donors (Lipinski definition) is 3. The van der Waals surface area contributed by atoms with Crippen LogP contribution in [0.4, 0.5) is 0 Å². The van der Waals surface area contributed by atoms with Gasteiger partial charge < -0.3 is 20.5 Å². The summed E-state index contributed by atoms with van der Waals surface area (Å²) in [6, 6.07) is 5.58. The molecule has 2 amide bonds. The van der Waals surface area contributed by atoms with Crippen LogP contribution in [0.15, 0.2) is 29.8 Å². The maximum Gasteiger partial charge on any atom is 0.309 e. The number of methoxy groups -OCH3 is 1. The number of allylic oxidation sites excluding steroid dienone is 1. The lowest BCUT2D eigenvalue weighted by molar-refractivity contribution is -0.140. The van der Waals surface area contributed by atoms with Gasteiger partial charge >= 0.3 is 11.8 Å². The maximum atomic E-state index is 12.2. The third kappa shape index (κ3) is 4.93. The van der Waals surface area contributed by atoms with Crippen molar-refractivity contribution >= 4 is 11.8 Å². The number of benzene rings is 1. The van der Waals surface area contributed by atoms with Gasteiger partial charge in [0.2, 0.25) is 0 Å². The molecular weight excluding hydrogens is 356 g/mol. The number of hydrogen-bond acceptors (Lipinski definition) is 4. The van der Waals surface area contributed by atoms with Crippen LogP contribution in [-0.2, 0) is 21.6 Å². The quantitative estimate of drug-likeness (QED) is 0.517. The van der Waals surface area contributed by atoms with Crippen LogP contribution in [0.5, 0.6) is 5.75 Å². The maximum absolute atomic E-state index is 12.2. The standard InChI is InChI=1S/C22H30N2O4/c1-28-18-9-10-19-17(14-18)8-5-12-22(19,27)15-24-21(26)20(25)23-13-11-16-6-3-2-4-7-16/h6,9-10,14,27H,2-5,7-8,11-13,15H2,1H3,(H,23,25)(H,24,26)/t22-/m1/s1. The molecule has 28 heavy (non-hydrogen) atoms. The van der Waals surface area contributed by atoms with Gasteiger partial charge in [0, 0.05) is 6.54 Å². The Balaban J connectivity index is 1.51. The first-order chi connectivity index (χ1) is 13.5. The van der Waals surface area contributed by atoms with E-state index >= 15 is 0 Å². The first-order valence-corrected chi connectivity index (χ1v) is 10.2. The van der Waals surface area contributed by atoms with Crippen molar-refractivity contribution in [3.63, 3.8) is 0 Å². The number of aliphatic hydroxyl groups is 1. The second kappa shape index (κ2) is 9.24. The monoisotopic (exact) mass is 386 g/mol. The van der Waals surface area contributed by atoms with Crippen molar-refractivity contribution in [3.05, 3.63) is 41.0 Å². The minimum Gasteiger partial charge on any atom is -0.497 e. The molecule has 1 aromatic carbocycles. The summed E-state index contributed by atoms with van der Waals surface area (Å²) < 4.78 is 5.25. The molecule has 0 heterocycles. The molecule has 0 saturated carbocycles. The summed E-state index contributed by atoms with van der Waals surface area (Å²) in [4.78, 5) is 24.2. The number of nitrogens with one attached hydrogen (secondary N) is 2. The Kier molecular flexibility index (Phi) is 6.73. The highest BCUT2D eigenvalue weighted by atomic mass is 16.5. The van der Waals surface area contributed by atoms with Crippen LogP contribution >= 0.6 is 0 Å². The number of carbonyl (C=O) groups is 2. The molecular formula is C22H30N2O4. The lowest BCUT2D eigenvalue weighted by atomic mass is 9.79. The summed E-state index contributed by atoms with van der Waals surface area (Å²) >= 11 is 0. The van der Waals surface area contributed by atoms with E-state index in [4.69, 9.17) is 4.74 Å². The van der Waals surface area contributed by atoms with Gasteiger partial charge in [0.1, 0.15) is 11.4 Å². The van der Waals surface area contributed by atoms with Gasteiger partial charge in [-0.25, -0.2) is 0 Å². The summed E-state index contributed by atoms with van der Waals surface area (Å²) in [5.74, 6) is -0.600. The second-order valence-corrected chi connectivity index (χ2v) is 7.70. The van der Waals surface area contributed by atoms with Gasteiger partial charge in [0.15, 0.2) is 0 Å². The zero-order valence-corrected chi connectivity index (χ0v) is 16.6. The van der Waals surface area contributed by atoms with E-state index in [-0.39, 0.29) is 6.54 Å². The number of rotatable bonds is 6. The summed E-state index contributed by atoms with van der Waals surface area (Å²) in [7, 11) is 1.61. The lowest BCUT2D eigenvalue weighted by Gasteiger charge is -2.34. The minimum absolute atomic E-state index is 0.0176. The van der Waals surface area contributed by atoms with Crippen LogP contribution in [0, 0.1) is 0 Å². The van der Waals surface area contributed by atoms with Gasteiger partial charge in [-0.15, -0.1) is 0 Å². The lowest BCUT2D eigenvalue weighted by Crippen LogP contribution is -2.47. The molecule has 2 aliphatic carbocycles. The van der Waals surface area contributed by atoms with Gasteiger partial charge in [-0.2, -0.15) is 0 Å². The number of aryl methyl sites for hydroxylation is 1. The van der Waals surface area contributed by atoms with Crippen LogP contribution in [0.25, 0.3) is 0 Å². The third-order valence-electron chi connectivity index (χ3n) is 5.71. The van der Waals surface area contributed by atoms with Crippen LogP contribution in [0.3, 0.4) is 0 Å². The molecule has 152 valence electrons. The van der Waals surface area contributed by atoms with Gasteiger partial charge in [0.25, 0.3) is 0 Å². The molecule has 1 atom stereocenters. The minimum atomic E-state index is -1.16. The number of amides is 2. The van der Waals surface area contributed by atoms with E-state index in [1.165, 1.54) is 18.4 Å². The fourth-order valence-electron chi connectivity index (χ4n) is 4.10. The Hall–Kier alpha value is -2.34. The highest BCUT2D eigenvalue weighted by molar-refractivity contribution is 6.35. The van der Waals surface area contributed by atoms with E-state index in [0.717, 1.165) is 49.0 Å². The number of carbonyl (C=O) groups excluding carboxylic acids is 2.